The Morgan fingerprint density at radius 2 is 2.30 bits per heavy atom. The van der Waals surface area contributed by atoms with Crippen molar-refractivity contribution in [2.45, 2.75) is 6.92 Å². The Morgan fingerprint density at radius 1 is 1.70 bits per heavy atom. The van der Waals surface area contributed by atoms with Crippen LogP contribution in [0.5, 0.6) is 0 Å². The van der Waals surface area contributed by atoms with Crippen molar-refractivity contribution < 1.29 is 0 Å². The van der Waals surface area contributed by atoms with Crippen molar-refractivity contribution in [3.63, 3.8) is 0 Å². The first-order valence-electron chi connectivity index (χ1n) is 2.64. The maximum atomic E-state index is 5.53. The number of nitrogens with zero attached hydrogens (tertiary/aromatic N) is 1. The van der Waals surface area contributed by atoms with E-state index < -0.39 is 0 Å². The summed E-state index contributed by atoms with van der Waals surface area (Å²) in [5, 5.41) is 0.602. The molecule has 1 aromatic rings. The van der Waals surface area contributed by atoms with Crippen LogP contribution in [-0.2, 0) is 0 Å². The van der Waals surface area contributed by atoms with E-state index in [0.717, 1.165) is 11.3 Å². The lowest BCUT2D eigenvalue weighted by Crippen LogP contribution is -2.11. The van der Waals surface area contributed by atoms with E-state index in [9.17, 15) is 0 Å². The topological polar surface area (TPSA) is 64.9 Å². The van der Waals surface area contributed by atoms with Gasteiger partial charge in [0, 0.05) is 0 Å². The third-order valence-corrected chi connectivity index (χ3v) is 2.11. The molecule has 10 heavy (non-hydrogen) atoms. The molecule has 0 aliphatic carbocycles. The number of thiocarbonyl (C=S) groups is 1. The van der Waals surface area contributed by atoms with Gasteiger partial charge in [0.25, 0.3) is 0 Å². The first-order valence-corrected chi connectivity index (χ1v) is 3.82. The van der Waals surface area contributed by atoms with Gasteiger partial charge in [-0.2, -0.15) is 4.37 Å². The van der Waals surface area contributed by atoms with Crippen molar-refractivity contribution in [3.8, 4) is 0 Å². The molecule has 0 fully saturated rings. The summed E-state index contributed by atoms with van der Waals surface area (Å²) >= 11 is 5.97. The van der Waals surface area contributed by atoms with Crippen molar-refractivity contribution in [1.82, 2.24) is 4.37 Å². The molecule has 0 aromatic carbocycles. The monoisotopic (exact) mass is 173 g/mol. The standard InChI is InChI=1S/C5H7N3S2/c1-2-3(4(6)9)5(7)10-8-2/h7H2,1H3,(H2,6,9). The largest absolute Gasteiger partial charge is 0.389 e. The Morgan fingerprint density at radius 3 is 2.50 bits per heavy atom. The molecular weight excluding hydrogens is 166 g/mol. The predicted molar refractivity (Wildman–Crippen MR) is 47.2 cm³/mol. The molecule has 0 saturated carbocycles. The second-order valence-corrected chi connectivity index (χ2v) is 3.12. The van der Waals surface area contributed by atoms with Gasteiger partial charge in [-0.3, -0.25) is 0 Å². The Kier molecular flexibility index (Phi) is 1.87. The molecule has 1 rings (SSSR count). The van der Waals surface area contributed by atoms with E-state index in [-0.39, 0.29) is 0 Å². The summed E-state index contributed by atoms with van der Waals surface area (Å²) in [4.78, 5) is 0.323. The predicted octanol–water partition coefficient (Wildman–Crippen LogP) is 0.668. The highest BCUT2D eigenvalue weighted by molar-refractivity contribution is 7.80. The number of hydrogen-bond donors (Lipinski definition) is 2. The number of hydrogen-bond acceptors (Lipinski definition) is 4. The molecule has 3 nitrogen and oxygen atoms in total. The second-order valence-electron chi connectivity index (χ2n) is 1.87. The fourth-order valence-corrected chi connectivity index (χ4v) is 1.68. The van der Waals surface area contributed by atoms with Gasteiger partial charge < -0.3 is 11.5 Å². The molecule has 0 aliphatic heterocycles. The molecule has 0 saturated heterocycles. The van der Waals surface area contributed by atoms with Crippen LogP contribution in [0.3, 0.4) is 0 Å². The zero-order valence-corrected chi connectivity index (χ0v) is 7.05. The van der Waals surface area contributed by atoms with E-state index >= 15 is 0 Å². The molecule has 0 amide bonds. The lowest BCUT2D eigenvalue weighted by molar-refractivity contribution is 1.33. The van der Waals surface area contributed by atoms with Crippen LogP contribution in [0, 0.1) is 6.92 Å². The highest BCUT2D eigenvalue weighted by atomic mass is 32.1. The van der Waals surface area contributed by atoms with Gasteiger partial charge in [-0.1, -0.05) is 12.2 Å². The Labute approximate surface area is 68.2 Å². The number of nitrogen functional groups attached to an aromatic ring is 1. The lowest BCUT2D eigenvalue weighted by Gasteiger charge is -1.94. The molecule has 1 aromatic heterocycles. The summed E-state index contributed by atoms with van der Waals surface area (Å²) in [6.45, 7) is 1.83. The fraction of sp³-hybridized carbons (Fsp3) is 0.200. The third kappa shape index (κ3) is 1.10. The van der Waals surface area contributed by atoms with Crippen molar-refractivity contribution >= 4 is 33.7 Å². The summed E-state index contributed by atoms with van der Waals surface area (Å²) in [7, 11) is 0. The maximum Gasteiger partial charge on any atom is 0.117 e. The van der Waals surface area contributed by atoms with E-state index in [1.165, 1.54) is 11.5 Å². The number of aryl methyl sites for hydroxylation is 1. The SMILES string of the molecule is Cc1nsc(N)c1C(N)=S. The minimum Gasteiger partial charge on any atom is -0.389 e. The first kappa shape index (κ1) is 7.43. The van der Waals surface area contributed by atoms with Crippen LogP contribution in [0.1, 0.15) is 11.3 Å². The number of aromatic nitrogens is 1. The van der Waals surface area contributed by atoms with Crippen LogP contribution < -0.4 is 11.5 Å². The quantitative estimate of drug-likeness (QED) is 0.613. The minimum absolute atomic E-state index is 0.323. The molecule has 4 N–H and O–H groups in total. The molecule has 0 radical (unpaired) electrons. The summed E-state index contributed by atoms with van der Waals surface area (Å²) in [5.41, 5.74) is 12.4. The number of nitrogens with two attached hydrogens (primary N) is 2. The van der Waals surface area contributed by atoms with Crippen LogP contribution in [-0.4, -0.2) is 9.36 Å². The smallest absolute Gasteiger partial charge is 0.117 e. The summed E-state index contributed by atoms with van der Waals surface area (Å²) in [6.07, 6.45) is 0. The lowest BCUT2D eigenvalue weighted by atomic mass is 10.2. The van der Waals surface area contributed by atoms with Gasteiger partial charge in [0.15, 0.2) is 0 Å². The van der Waals surface area contributed by atoms with Gasteiger partial charge >= 0.3 is 0 Å². The van der Waals surface area contributed by atoms with Crippen molar-refractivity contribution in [2.75, 3.05) is 5.73 Å². The highest BCUT2D eigenvalue weighted by Gasteiger charge is 2.08. The zero-order chi connectivity index (χ0) is 7.72. The Balaban J connectivity index is 3.23. The van der Waals surface area contributed by atoms with Gasteiger partial charge in [-0.25, -0.2) is 0 Å². The molecule has 0 aliphatic rings. The Hall–Kier alpha value is -0.680. The highest BCUT2D eigenvalue weighted by Crippen LogP contribution is 2.19. The number of anilines is 1. The van der Waals surface area contributed by atoms with Crippen LogP contribution in [0.4, 0.5) is 5.00 Å². The van der Waals surface area contributed by atoms with Crippen LogP contribution in [0.25, 0.3) is 0 Å². The second kappa shape index (κ2) is 2.51. The summed E-state index contributed by atoms with van der Waals surface area (Å²) in [5.74, 6) is 0. The maximum absolute atomic E-state index is 5.53. The van der Waals surface area contributed by atoms with Crippen molar-refractivity contribution in [1.29, 1.82) is 0 Å². The van der Waals surface area contributed by atoms with Gasteiger partial charge in [-0.05, 0) is 18.5 Å². The Bertz CT molecular complexity index is 246. The van der Waals surface area contributed by atoms with Gasteiger partial charge in [0.2, 0.25) is 0 Å². The molecule has 0 bridgehead atoms. The zero-order valence-electron chi connectivity index (χ0n) is 5.42. The molecule has 0 atom stereocenters. The molecule has 1 heterocycles. The van der Waals surface area contributed by atoms with Gasteiger partial charge in [-0.15, -0.1) is 0 Å². The van der Waals surface area contributed by atoms with E-state index in [2.05, 4.69) is 4.37 Å². The fourth-order valence-electron chi connectivity index (χ4n) is 0.687. The summed E-state index contributed by atoms with van der Waals surface area (Å²) in [6, 6.07) is 0. The molecule has 0 spiro atoms. The van der Waals surface area contributed by atoms with Crippen LogP contribution in [0.2, 0.25) is 0 Å². The van der Waals surface area contributed by atoms with E-state index in [0.29, 0.717) is 9.99 Å². The van der Waals surface area contributed by atoms with Crippen LogP contribution >= 0.6 is 23.8 Å². The average molecular weight is 173 g/mol. The molecule has 54 valence electrons. The third-order valence-electron chi connectivity index (χ3n) is 1.14. The normalized spacial score (nSPS) is 9.70. The van der Waals surface area contributed by atoms with Crippen molar-refractivity contribution in [3.05, 3.63) is 11.3 Å². The molecule has 0 unspecified atom stereocenters. The number of rotatable bonds is 1. The first-order chi connectivity index (χ1) is 4.63. The minimum atomic E-state index is 0.323. The van der Waals surface area contributed by atoms with E-state index in [1.807, 2.05) is 6.92 Å². The summed E-state index contributed by atoms with van der Waals surface area (Å²) < 4.78 is 3.99. The van der Waals surface area contributed by atoms with Crippen LogP contribution in [0.15, 0.2) is 0 Å². The van der Waals surface area contributed by atoms with Crippen molar-refractivity contribution in [2.24, 2.45) is 5.73 Å². The van der Waals surface area contributed by atoms with E-state index in [1.54, 1.807) is 0 Å². The molecule has 5 heteroatoms. The molecular formula is C5H7N3S2. The van der Waals surface area contributed by atoms with Gasteiger partial charge in [0.1, 0.15) is 9.99 Å². The van der Waals surface area contributed by atoms with Gasteiger partial charge in [0.05, 0.1) is 11.3 Å². The average Bonchev–Trinajstić information content (AvgIpc) is 2.11. The van der Waals surface area contributed by atoms with E-state index in [4.69, 9.17) is 23.7 Å².